The van der Waals surface area contributed by atoms with Crippen molar-refractivity contribution in [2.45, 2.75) is 69.6 Å². The molecule has 1 atom stereocenters. The standard InChI is InChI=1S/C20H27F2N3O3S2/c1-10(2)13-7-12(21)8-14(11(3)4)15(13)9-16(26)25-30(23,28)18-17(22)24-19(29-18)20(5,6)27/h7-8,10-11,27H,9H2,1-6H3,(H2,23,25,26,28). The lowest BCUT2D eigenvalue weighted by molar-refractivity contribution is -0.117. The molecule has 0 aliphatic rings. The lowest BCUT2D eigenvalue weighted by Crippen LogP contribution is -2.17. The maximum Gasteiger partial charge on any atom is 0.259 e. The van der Waals surface area contributed by atoms with E-state index in [2.05, 4.69) is 9.35 Å². The van der Waals surface area contributed by atoms with Crippen LogP contribution in [0.4, 0.5) is 8.78 Å². The number of thiazole rings is 1. The largest absolute Gasteiger partial charge is 0.383 e. The zero-order chi connectivity index (χ0) is 23.0. The van der Waals surface area contributed by atoms with E-state index in [4.69, 9.17) is 5.14 Å². The van der Waals surface area contributed by atoms with Crippen molar-refractivity contribution in [2.75, 3.05) is 0 Å². The second-order valence-electron chi connectivity index (χ2n) is 8.26. The molecule has 2 aromatic rings. The van der Waals surface area contributed by atoms with E-state index in [9.17, 15) is 22.9 Å². The lowest BCUT2D eigenvalue weighted by Gasteiger charge is -2.19. The average molecular weight is 460 g/mol. The Labute approximate surface area is 179 Å². The minimum Gasteiger partial charge on any atom is -0.383 e. The first-order chi connectivity index (χ1) is 13.6. The van der Waals surface area contributed by atoms with Crippen LogP contribution < -0.4 is 5.14 Å². The van der Waals surface area contributed by atoms with Crippen molar-refractivity contribution in [1.82, 2.24) is 4.98 Å². The molecule has 0 saturated carbocycles. The van der Waals surface area contributed by atoms with Crippen molar-refractivity contribution in [3.8, 4) is 0 Å². The molecule has 1 aromatic carbocycles. The third-order valence-corrected chi connectivity index (χ3v) is 7.72. The first-order valence-electron chi connectivity index (χ1n) is 9.42. The average Bonchev–Trinajstić information content (AvgIpc) is 2.98. The van der Waals surface area contributed by atoms with Crippen LogP contribution in [-0.4, -0.2) is 20.2 Å². The molecule has 1 aromatic heterocycles. The van der Waals surface area contributed by atoms with Crippen LogP contribution in [0.1, 0.15) is 75.1 Å². The van der Waals surface area contributed by atoms with Crippen molar-refractivity contribution in [3.05, 3.63) is 45.6 Å². The van der Waals surface area contributed by atoms with E-state index in [1.807, 2.05) is 27.7 Å². The van der Waals surface area contributed by atoms with Gasteiger partial charge in [-0.3, -0.25) is 4.79 Å². The number of benzene rings is 1. The Bertz CT molecular complexity index is 1050. The van der Waals surface area contributed by atoms with Gasteiger partial charge in [-0.1, -0.05) is 27.7 Å². The summed E-state index contributed by atoms with van der Waals surface area (Å²) in [5, 5.41) is 15.6. The molecule has 166 valence electrons. The number of hydrogen-bond donors (Lipinski definition) is 2. The summed E-state index contributed by atoms with van der Waals surface area (Å²) in [7, 11) is -3.90. The Hall–Kier alpha value is -1.75. The maximum absolute atomic E-state index is 14.2. The van der Waals surface area contributed by atoms with E-state index in [1.54, 1.807) is 0 Å². The zero-order valence-corrected chi connectivity index (χ0v) is 19.5. The molecule has 1 unspecified atom stereocenters. The summed E-state index contributed by atoms with van der Waals surface area (Å²) < 4.78 is 44.2. The van der Waals surface area contributed by atoms with Gasteiger partial charge in [0.25, 0.3) is 5.91 Å². The summed E-state index contributed by atoms with van der Waals surface area (Å²) in [6, 6.07) is 2.74. The van der Waals surface area contributed by atoms with Gasteiger partial charge in [-0.05, 0) is 54.5 Å². The van der Waals surface area contributed by atoms with Gasteiger partial charge >= 0.3 is 0 Å². The van der Waals surface area contributed by atoms with Gasteiger partial charge in [-0.25, -0.2) is 18.7 Å². The first kappa shape index (κ1) is 24.5. The number of rotatable bonds is 6. The molecule has 2 rings (SSSR count). The fraction of sp³-hybridized carbons (Fsp3) is 0.500. The maximum atomic E-state index is 14.2. The SMILES string of the molecule is CC(C)c1cc(F)cc(C(C)C)c1CC(=O)N=S(N)(=O)c1sc(C(C)(C)O)nc1F. The van der Waals surface area contributed by atoms with E-state index in [-0.39, 0.29) is 23.3 Å². The number of aliphatic hydroxyl groups is 1. The molecular formula is C20H27F2N3O3S2. The van der Waals surface area contributed by atoms with E-state index in [1.165, 1.54) is 26.0 Å². The predicted octanol–water partition coefficient (Wildman–Crippen LogP) is 4.37. The van der Waals surface area contributed by atoms with Crippen LogP contribution in [0.15, 0.2) is 20.7 Å². The topological polar surface area (TPSA) is 106 Å². The molecular weight excluding hydrogens is 432 g/mol. The highest BCUT2D eigenvalue weighted by atomic mass is 32.2. The van der Waals surface area contributed by atoms with Gasteiger partial charge in [0.15, 0.2) is 14.1 Å². The number of nitrogens with two attached hydrogens (primary N) is 1. The minimum atomic E-state index is -3.90. The summed E-state index contributed by atoms with van der Waals surface area (Å²) in [6.45, 7) is 10.3. The molecule has 1 amide bonds. The first-order valence-corrected chi connectivity index (χ1v) is 11.8. The number of carbonyl (C=O) groups excluding carboxylic acids is 1. The lowest BCUT2D eigenvalue weighted by atomic mass is 9.87. The van der Waals surface area contributed by atoms with Gasteiger partial charge in [0.05, 0.1) is 6.42 Å². The third kappa shape index (κ3) is 5.48. The molecule has 10 heteroatoms. The van der Waals surface area contributed by atoms with Gasteiger partial charge in [0, 0.05) is 0 Å². The Morgan fingerprint density at radius 2 is 1.73 bits per heavy atom. The van der Waals surface area contributed by atoms with Crippen molar-refractivity contribution in [3.63, 3.8) is 0 Å². The van der Waals surface area contributed by atoms with E-state index < -0.39 is 37.4 Å². The van der Waals surface area contributed by atoms with Gasteiger partial charge in [-0.2, -0.15) is 4.39 Å². The molecule has 0 bridgehead atoms. The quantitative estimate of drug-likeness (QED) is 0.669. The summed E-state index contributed by atoms with van der Waals surface area (Å²) in [4.78, 5) is 16.2. The van der Waals surface area contributed by atoms with Gasteiger partial charge in [0.1, 0.15) is 16.4 Å². The fourth-order valence-corrected chi connectivity index (χ4v) is 5.26. The highest BCUT2D eigenvalue weighted by molar-refractivity contribution is 7.93. The van der Waals surface area contributed by atoms with Crippen molar-refractivity contribution >= 4 is 27.2 Å². The number of amides is 1. The van der Waals surface area contributed by atoms with Crippen molar-refractivity contribution in [1.29, 1.82) is 0 Å². The van der Waals surface area contributed by atoms with Gasteiger partial charge < -0.3 is 5.11 Å². The van der Waals surface area contributed by atoms with Crippen LogP contribution in [0.2, 0.25) is 0 Å². The van der Waals surface area contributed by atoms with Crippen LogP contribution in [0.25, 0.3) is 0 Å². The molecule has 6 nitrogen and oxygen atoms in total. The van der Waals surface area contributed by atoms with Crippen LogP contribution >= 0.6 is 11.3 Å². The molecule has 0 fully saturated rings. The van der Waals surface area contributed by atoms with Crippen molar-refractivity contribution < 1.29 is 22.9 Å². The molecule has 3 N–H and O–H groups in total. The molecule has 0 aliphatic carbocycles. The summed E-state index contributed by atoms with van der Waals surface area (Å²) >= 11 is 0.608. The van der Waals surface area contributed by atoms with Crippen LogP contribution in [0, 0.1) is 11.8 Å². The smallest absolute Gasteiger partial charge is 0.259 e. The van der Waals surface area contributed by atoms with Crippen LogP contribution in [-0.2, 0) is 26.7 Å². The Morgan fingerprint density at radius 3 is 2.13 bits per heavy atom. The number of halogens is 2. The van der Waals surface area contributed by atoms with Crippen LogP contribution in [0.3, 0.4) is 0 Å². The van der Waals surface area contributed by atoms with E-state index >= 15 is 0 Å². The minimum absolute atomic E-state index is 0.0291. The predicted molar refractivity (Wildman–Crippen MR) is 114 cm³/mol. The number of nitrogens with zero attached hydrogens (tertiary/aromatic N) is 2. The summed E-state index contributed by atoms with van der Waals surface area (Å²) in [5.74, 6) is -2.46. The van der Waals surface area contributed by atoms with E-state index in [0.29, 0.717) is 28.0 Å². The van der Waals surface area contributed by atoms with E-state index in [0.717, 1.165) is 0 Å². The Kier molecular flexibility index (Phi) is 7.17. The Morgan fingerprint density at radius 1 is 1.23 bits per heavy atom. The fourth-order valence-electron chi connectivity index (χ4n) is 3.02. The normalized spacial score (nSPS) is 14.3. The van der Waals surface area contributed by atoms with Gasteiger partial charge in [-0.15, -0.1) is 15.7 Å². The second-order valence-corrected chi connectivity index (χ2v) is 11.2. The van der Waals surface area contributed by atoms with Gasteiger partial charge in [0.2, 0.25) is 5.95 Å². The molecule has 30 heavy (non-hydrogen) atoms. The Balaban J connectivity index is 2.50. The number of carbonyl (C=O) groups is 1. The highest BCUT2D eigenvalue weighted by Gasteiger charge is 2.28. The summed E-state index contributed by atoms with van der Waals surface area (Å²) in [5.41, 5.74) is 0.445. The monoisotopic (exact) mass is 459 g/mol. The zero-order valence-electron chi connectivity index (χ0n) is 17.8. The van der Waals surface area contributed by atoms with Crippen molar-refractivity contribution in [2.24, 2.45) is 9.50 Å². The second kappa shape index (κ2) is 8.78. The number of hydrogen-bond acceptors (Lipinski definition) is 5. The molecule has 0 spiro atoms. The summed E-state index contributed by atoms with van der Waals surface area (Å²) in [6.07, 6.45) is -0.242. The third-order valence-electron chi connectivity index (χ3n) is 4.44. The van der Waals surface area contributed by atoms with Crippen LogP contribution in [0.5, 0.6) is 0 Å². The molecule has 0 radical (unpaired) electrons. The molecule has 1 heterocycles. The molecule has 0 aliphatic heterocycles. The number of aromatic nitrogens is 1. The molecule has 0 saturated heterocycles. The highest BCUT2D eigenvalue weighted by Crippen LogP contribution is 2.32.